The van der Waals surface area contributed by atoms with E-state index in [0.717, 1.165) is 32.3 Å². The molecule has 2 heteroatoms. The van der Waals surface area contributed by atoms with Gasteiger partial charge in [-0.1, -0.05) is 26.2 Å². The van der Waals surface area contributed by atoms with Crippen molar-refractivity contribution >= 4 is 5.78 Å². The Labute approximate surface area is 99.8 Å². The van der Waals surface area contributed by atoms with Gasteiger partial charge >= 0.3 is 0 Å². The zero-order chi connectivity index (χ0) is 12.0. The minimum absolute atomic E-state index is 0.0952. The minimum Gasteiger partial charge on any atom is -0.376 e. The number of unbranched alkanes of at least 4 members (excludes halogenated alkanes) is 3. The highest BCUT2D eigenvalue weighted by molar-refractivity contribution is 5.81. The summed E-state index contributed by atoms with van der Waals surface area (Å²) in [5.74, 6) is 0.720. The maximum atomic E-state index is 12.0. The number of Topliss-reactive ketones (excluding diaryl/α,β-unsaturated/α-hetero) is 1. The van der Waals surface area contributed by atoms with Gasteiger partial charge < -0.3 is 4.74 Å². The van der Waals surface area contributed by atoms with E-state index in [1.165, 1.54) is 19.3 Å². The highest BCUT2D eigenvalue weighted by Crippen LogP contribution is 2.30. The van der Waals surface area contributed by atoms with Crippen LogP contribution in [0.5, 0.6) is 0 Å². The highest BCUT2D eigenvalue weighted by atomic mass is 16.5. The Bertz CT molecular complexity index is 221. The summed E-state index contributed by atoms with van der Waals surface area (Å²) in [6, 6.07) is 0. The molecule has 0 N–H and O–H groups in total. The monoisotopic (exact) mass is 226 g/mol. The quantitative estimate of drug-likeness (QED) is 0.645. The number of carbonyl (C=O) groups excluding carboxylic acids is 1. The maximum absolute atomic E-state index is 12.0. The lowest BCUT2D eigenvalue weighted by Crippen LogP contribution is -2.37. The molecule has 0 spiro atoms. The van der Waals surface area contributed by atoms with Crippen LogP contribution >= 0.6 is 0 Å². The fraction of sp³-hybridized carbons (Fsp3) is 0.929. The Kier molecular flexibility index (Phi) is 5.47. The predicted molar refractivity (Wildman–Crippen MR) is 66.5 cm³/mol. The summed E-state index contributed by atoms with van der Waals surface area (Å²) < 4.78 is 5.64. The second-order valence-electron chi connectivity index (χ2n) is 5.57. The molecule has 0 aromatic rings. The fourth-order valence-electron chi connectivity index (χ4n) is 2.44. The van der Waals surface area contributed by atoms with Crippen LogP contribution < -0.4 is 0 Å². The molecule has 0 aliphatic carbocycles. The highest BCUT2D eigenvalue weighted by Gasteiger charge is 2.32. The molecule has 0 aromatic heterocycles. The third-order valence-electron chi connectivity index (χ3n) is 3.43. The van der Waals surface area contributed by atoms with Gasteiger partial charge in [0.15, 0.2) is 0 Å². The van der Waals surface area contributed by atoms with Gasteiger partial charge in [-0.2, -0.15) is 0 Å². The summed E-state index contributed by atoms with van der Waals surface area (Å²) in [7, 11) is 0. The van der Waals surface area contributed by atoms with E-state index >= 15 is 0 Å². The molecule has 0 radical (unpaired) electrons. The molecule has 0 unspecified atom stereocenters. The van der Waals surface area contributed by atoms with Crippen LogP contribution in [0.25, 0.3) is 0 Å². The molecular weight excluding hydrogens is 200 g/mol. The van der Waals surface area contributed by atoms with E-state index in [-0.39, 0.29) is 11.5 Å². The van der Waals surface area contributed by atoms with Crippen molar-refractivity contribution in [2.75, 3.05) is 6.61 Å². The number of ketones is 1. The molecule has 0 bridgehead atoms. The van der Waals surface area contributed by atoms with Crippen molar-refractivity contribution in [3.05, 3.63) is 0 Å². The topological polar surface area (TPSA) is 26.3 Å². The van der Waals surface area contributed by atoms with Crippen molar-refractivity contribution in [3.63, 3.8) is 0 Å². The first-order valence-corrected chi connectivity index (χ1v) is 6.72. The number of hydrogen-bond donors (Lipinski definition) is 0. The van der Waals surface area contributed by atoms with Crippen molar-refractivity contribution in [1.82, 2.24) is 0 Å². The molecule has 0 amide bonds. The van der Waals surface area contributed by atoms with Gasteiger partial charge in [-0.05, 0) is 33.1 Å². The summed E-state index contributed by atoms with van der Waals surface area (Å²) in [6.07, 6.45) is 7.38. The van der Waals surface area contributed by atoms with E-state index in [0.29, 0.717) is 5.78 Å². The zero-order valence-electron chi connectivity index (χ0n) is 11.1. The predicted octanol–water partition coefficient (Wildman–Crippen LogP) is 3.73. The molecule has 1 saturated heterocycles. The molecule has 1 rings (SSSR count). The van der Waals surface area contributed by atoms with E-state index in [1.807, 2.05) is 0 Å². The molecule has 1 aliphatic heterocycles. The number of carbonyl (C=O) groups is 1. The van der Waals surface area contributed by atoms with Gasteiger partial charge in [0.25, 0.3) is 0 Å². The lowest BCUT2D eigenvalue weighted by molar-refractivity contribution is -0.133. The van der Waals surface area contributed by atoms with Crippen molar-refractivity contribution in [1.29, 1.82) is 0 Å². The second-order valence-corrected chi connectivity index (χ2v) is 5.57. The van der Waals surface area contributed by atoms with Gasteiger partial charge in [-0.15, -0.1) is 0 Å². The third kappa shape index (κ3) is 4.65. The van der Waals surface area contributed by atoms with Crippen LogP contribution in [0.4, 0.5) is 0 Å². The van der Waals surface area contributed by atoms with Crippen LogP contribution in [0, 0.1) is 5.92 Å². The Balaban J connectivity index is 2.25. The SMILES string of the molecule is CCCCCCC(=O)[C@H]1CCOC(C)(C)C1. The first-order valence-electron chi connectivity index (χ1n) is 6.72. The van der Waals surface area contributed by atoms with Crippen molar-refractivity contribution < 1.29 is 9.53 Å². The van der Waals surface area contributed by atoms with Crippen LogP contribution in [-0.2, 0) is 9.53 Å². The van der Waals surface area contributed by atoms with Gasteiger partial charge in [-0.3, -0.25) is 4.79 Å². The average molecular weight is 226 g/mol. The first kappa shape index (κ1) is 13.7. The summed E-state index contributed by atoms with van der Waals surface area (Å²) >= 11 is 0. The van der Waals surface area contributed by atoms with Gasteiger partial charge in [0, 0.05) is 18.9 Å². The van der Waals surface area contributed by atoms with Crippen LogP contribution in [-0.4, -0.2) is 18.0 Å². The molecule has 1 aliphatic rings. The van der Waals surface area contributed by atoms with Crippen LogP contribution in [0.2, 0.25) is 0 Å². The number of hydrogen-bond acceptors (Lipinski definition) is 2. The zero-order valence-corrected chi connectivity index (χ0v) is 11.1. The molecular formula is C14H26O2. The van der Waals surface area contributed by atoms with Gasteiger partial charge in [-0.25, -0.2) is 0 Å². The molecule has 0 saturated carbocycles. The van der Waals surface area contributed by atoms with E-state index in [9.17, 15) is 4.79 Å². The van der Waals surface area contributed by atoms with E-state index < -0.39 is 0 Å². The van der Waals surface area contributed by atoms with Gasteiger partial charge in [0.1, 0.15) is 5.78 Å². The van der Waals surface area contributed by atoms with E-state index in [1.54, 1.807) is 0 Å². The normalized spacial score (nSPS) is 24.3. The summed E-state index contributed by atoms with van der Waals surface area (Å²) in [4.78, 5) is 12.0. The average Bonchev–Trinajstić information content (AvgIpc) is 2.22. The molecule has 1 fully saturated rings. The third-order valence-corrected chi connectivity index (χ3v) is 3.43. The lowest BCUT2D eigenvalue weighted by Gasteiger charge is -2.34. The van der Waals surface area contributed by atoms with Crippen LogP contribution in [0.1, 0.15) is 65.7 Å². The second kappa shape index (κ2) is 6.39. The van der Waals surface area contributed by atoms with E-state index in [4.69, 9.17) is 4.74 Å². The molecule has 16 heavy (non-hydrogen) atoms. The Morgan fingerprint density at radius 3 is 2.69 bits per heavy atom. The van der Waals surface area contributed by atoms with Crippen molar-refractivity contribution in [3.8, 4) is 0 Å². The molecule has 94 valence electrons. The Morgan fingerprint density at radius 1 is 1.31 bits per heavy atom. The van der Waals surface area contributed by atoms with Gasteiger partial charge in [0.2, 0.25) is 0 Å². The van der Waals surface area contributed by atoms with Crippen LogP contribution in [0.15, 0.2) is 0 Å². The molecule has 1 heterocycles. The molecule has 2 nitrogen and oxygen atoms in total. The molecule has 1 atom stereocenters. The van der Waals surface area contributed by atoms with E-state index in [2.05, 4.69) is 20.8 Å². The van der Waals surface area contributed by atoms with Gasteiger partial charge in [0.05, 0.1) is 5.60 Å². The van der Waals surface area contributed by atoms with Crippen molar-refractivity contribution in [2.24, 2.45) is 5.92 Å². The summed E-state index contributed by atoms with van der Waals surface area (Å²) in [5, 5.41) is 0. The Morgan fingerprint density at radius 2 is 2.06 bits per heavy atom. The van der Waals surface area contributed by atoms with Crippen molar-refractivity contribution in [2.45, 2.75) is 71.3 Å². The van der Waals surface area contributed by atoms with Crippen LogP contribution in [0.3, 0.4) is 0 Å². The largest absolute Gasteiger partial charge is 0.376 e. The first-order chi connectivity index (χ1) is 7.55. The summed E-state index contributed by atoms with van der Waals surface area (Å²) in [5.41, 5.74) is -0.0952. The maximum Gasteiger partial charge on any atom is 0.136 e. The number of ether oxygens (including phenoxy) is 1. The standard InChI is InChI=1S/C14H26O2/c1-4-5-6-7-8-13(15)12-9-10-16-14(2,3)11-12/h12H,4-11H2,1-3H3/t12-/m0/s1. The summed E-state index contributed by atoms with van der Waals surface area (Å²) in [6.45, 7) is 7.12. The Hall–Kier alpha value is -0.370. The number of rotatable bonds is 6. The molecule has 0 aromatic carbocycles. The minimum atomic E-state index is -0.0952. The fourth-order valence-corrected chi connectivity index (χ4v) is 2.44. The smallest absolute Gasteiger partial charge is 0.136 e. The lowest BCUT2D eigenvalue weighted by atomic mass is 9.84.